The molecule has 1 aliphatic heterocycles. The van der Waals surface area contributed by atoms with Gasteiger partial charge in [-0.25, -0.2) is 0 Å². The van der Waals surface area contributed by atoms with Gasteiger partial charge in [-0.05, 0) is 51.4 Å². The van der Waals surface area contributed by atoms with E-state index in [0.717, 1.165) is 37.6 Å². The molecule has 0 amide bonds. The molecular formula is C19H33IN4O. The molecule has 1 fully saturated rings. The fourth-order valence-corrected chi connectivity index (χ4v) is 3.05. The Labute approximate surface area is 169 Å². The van der Waals surface area contributed by atoms with Crippen molar-refractivity contribution in [1.29, 1.82) is 0 Å². The molecule has 0 saturated carbocycles. The molecule has 0 aliphatic carbocycles. The summed E-state index contributed by atoms with van der Waals surface area (Å²) in [4.78, 5) is 7.18. The van der Waals surface area contributed by atoms with Crippen LogP contribution in [0.2, 0.25) is 0 Å². The maximum Gasteiger partial charge on any atom is 0.191 e. The van der Waals surface area contributed by atoms with Gasteiger partial charge in [-0.3, -0.25) is 4.99 Å². The molecule has 25 heavy (non-hydrogen) atoms. The lowest BCUT2D eigenvalue weighted by atomic mass is 10.0. The topological polar surface area (TPSA) is 59.9 Å². The van der Waals surface area contributed by atoms with E-state index in [0.29, 0.717) is 6.54 Å². The minimum Gasteiger partial charge on any atom is -0.396 e. The number of aliphatic hydroxyl groups is 1. The van der Waals surface area contributed by atoms with Gasteiger partial charge in [-0.2, -0.15) is 0 Å². The summed E-state index contributed by atoms with van der Waals surface area (Å²) in [5.74, 6) is 0.888. The maximum atomic E-state index is 9.64. The zero-order chi connectivity index (χ0) is 17.0. The third kappa shape index (κ3) is 8.37. The van der Waals surface area contributed by atoms with Gasteiger partial charge < -0.3 is 20.6 Å². The van der Waals surface area contributed by atoms with Crippen LogP contribution in [0.15, 0.2) is 35.3 Å². The van der Waals surface area contributed by atoms with Gasteiger partial charge in [0, 0.05) is 19.0 Å². The van der Waals surface area contributed by atoms with Gasteiger partial charge >= 0.3 is 0 Å². The Bertz CT molecular complexity index is 478. The lowest BCUT2D eigenvalue weighted by Crippen LogP contribution is -2.39. The van der Waals surface area contributed by atoms with Crippen molar-refractivity contribution >= 4 is 29.9 Å². The highest BCUT2D eigenvalue weighted by Crippen LogP contribution is 2.14. The Kier molecular flexibility index (Phi) is 11.9. The highest BCUT2D eigenvalue weighted by Gasteiger charge is 2.11. The first-order chi connectivity index (χ1) is 11.8. The summed E-state index contributed by atoms with van der Waals surface area (Å²) >= 11 is 0. The van der Waals surface area contributed by atoms with Crippen LogP contribution < -0.4 is 10.6 Å². The minimum atomic E-state index is 0. The lowest BCUT2D eigenvalue weighted by molar-refractivity contribution is 0.268. The summed E-state index contributed by atoms with van der Waals surface area (Å²) in [6.45, 7) is 8.21. The molecule has 1 aromatic carbocycles. The average Bonchev–Trinajstić information content (AvgIpc) is 3.13. The smallest absolute Gasteiger partial charge is 0.191 e. The Morgan fingerprint density at radius 2 is 1.92 bits per heavy atom. The summed E-state index contributed by atoms with van der Waals surface area (Å²) in [5, 5.41) is 16.3. The van der Waals surface area contributed by atoms with E-state index in [-0.39, 0.29) is 36.5 Å². The average molecular weight is 460 g/mol. The third-order valence-corrected chi connectivity index (χ3v) is 4.45. The summed E-state index contributed by atoms with van der Waals surface area (Å²) in [6, 6.07) is 10.1. The standard InChI is InChI=1S/C19H32N4O.HI/c1-2-20-19(21-11-8-14-23-12-6-7-13-23)22-15-18(16-24)17-9-4-3-5-10-17;/h3-5,9-10,18,24H,2,6-8,11-16H2,1H3,(H2,20,21,22);1H. The zero-order valence-electron chi connectivity index (χ0n) is 15.3. The number of rotatable bonds is 9. The molecule has 0 bridgehead atoms. The number of nitrogens with zero attached hydrogens (tertiary/aromatic N) is 2. The number of hydrogen-bond acceptors (Lipinski definition) is 3. The lowest BCUT2D eigenvalue weighted by Gasteiger charge is -2.17. The molecular weight excluding hydrogens is 427 g/mol. The summed E-state index contributed by atoms with van der Waals surface area (Å²) in [6.07, 6.45) is 3.83. The van der Waals surface area contributed by atoms with E-state index in [9.17, 15) is 5.11 Å². The summed E-state index contributed by atoms with van der Waals surface area (Å²) in [5.41, 5.74) is 1.13. The Hall–Kier alpha value is -0.860. The van der Waals surface area contributed by atoms with Crippen LogP contribution in [-0.2, 0) is 0 Å². The molecule has 1 saturated heterocycles. The number of nitrogens with one attached hydrogen (secondary N) is 2. The first-order valence-corrected chi connectivity index (χ1v) is 9.23. The van der Waals surface area contributed by atoms with Crippen molar-refractivity contribution in [1.82, 2.24) is 15.5 Å². The SMILES string of the molecule is CCNC(=NCC(CO)c1ccccc1)NCCCN1CCCC1.I. The fourth-order valence-electron chi connectivity index (χ4n) is 3.05. The van der Waals surface area contributed by atoms with E-state index in [1.165, 1.54) is 25.9 Å². The molecule has 0 radical (unpaired) electrons. The van der Waals surface area contributed by atoms with Crippen LogP contribution in [0, 0.1) is 0 Å². The first-order valence-electron chi connectivity index (χ1n) is 9.23. The van der Waals surface area contributed by atoms with Crippen LogP contribution >= 0.6 is 24.0 Å². The van der Waals surface area contributed by atoms with Crippen molar-refractivity contribution in [2.75, 3.05) is 45.9 Å². The molecule has 2 rings (SSSR count). The fraction of sp³-hybridized carbons (Fsp3) is 0.632. The maximum absolute atomic E-state index is 9.64. The number of guanidine groups is 1. The van der Waals surface area contributed by atoms with Crippen LogP contribution in [0.4, 0.5) is 0 Å². The monoisotopic (exact) mass is 460 g/mol. The minimum absolute atomic E-state index is 0. The zero-order valence-corrected chi connectivity index (χ0v) is 17.6. The molecule has 0 aromatic heterocycles. The van der Waals surface area contributed by atoms with Gasteiger partial charge in [0.2, 0.25) is 0 Å². The molecule has 142 valence electrons. The second-order valence-electron chi connectivity index (χ2n) is 6.34. The molecule has 1 aromatic rings. The van der Waals surface area contributed by atoms with Crippen LogP contribution in [0.5, 0.6) is 0 Å². The molecule has 3 N–H and O–H groups in total. The van der Waals surface area contributed by atoms with Gasteiger partial charge in [-0.1, -0.05) is 30.3 Å². The molecule has 5 nitrogen and oxygen atoms in total. The van der Waals surface area contributed by atoms with Crippen LogP contribution in [0.25, 0.3) is 0 Å². The molecule has 1 unspecified atom stereocenters. The van der Waals surface area contributed by atoms with E-state index < -0.39 is 0 Å². The molecule has 0 spiro atoms. The van der Waals surface area contributed by atoms with Crippen molar-refractivity contribution in [3.8, 4) is 0 Å². The van der Waals surface area contributed by atoms with Gasteiger partial charge in [0.25, 0.3) is 0 Å². The van der Waals surface area contributed by atoms with Crippen LogP contribution in [0.1, 0.15) is 37.7 Å². The van der Waals surface area contributed by atoms with Crippen molar-refractivity contribution in [3.63, 3.8) is 0 Å². The van der Waals surface area contributed by atoms with Gasteiger partial charge in [0.05, 0.1) is 13.2 Å². The van der Waals surface area contributed by atoms with E-state index >= 15 is 0 Å². The van der Waals surface area contributed by atoms with Crippen LogP contribution in [0.3, 0.4) is 0 Å². The highest BCUT2D eigenvalue weighted by molar-refractivity contribution is 14.0. The van der Waals surface area contributed by atoms with E-state index in [4.69, 9.17) is 0 Å². The predicted molar refractivity (Wildman–Crippen MR) is 116 cm³/mol. The third-order valence-electron chi connectivity index (χ3n) is 4.45. The number of benzene rings is 1. The van der Waals surface area contributed by atoms with E-state index in [2.05, 4.69) is 27.4 Å². The van der Waals surface area contributed by atoms with Crippen molar-refractivity contribution in [3.05, 3.63) is 35.9 Å². The normalized spacial score (nSPS) is 16.3. The van der Waals surface area contributed by atoms with Gasteiger partial charge in [0.15, 0.2) is 5.96 Å². The second-order valence-corrected chi connectivity index (χ2v) is 6.34. The number of hydrogen-bond donors (Lipinski definition) is 3. The molecule has 6 heteroatoms. The first kappa shape index (κ1) is 22.2. The van der Waals surface area contributed by atoms with Crippen molar-refractivity contribution in [2.45, 2.75) is 32.1 Å². The molecule has 1 aliphatic rings. The van der Waals surface area contributed by atoms with Gasteiger partial charge in [-0.15, -0.1) is 24.0 Å². The Morgan fingerprint density at radius 3 is 2.56 bits per heavy atom. The molecule has 1 heterocycles. The predicted octanol–water partition coefficient (Wildman–Crippen LogP) is 2.42. The Morgan fingerprint density at radius 1 is 1.20 bits per heavy atom. The quantitative estimate of drug-likeness (QED) is 0.229. The van der Waals surface area contributed by atoms with Crippen molar-refractivity contribution in [2.24, 2.45) is 4.99 Å². The number of aliphatic imine (C=N–C) groups is 1. The second kappa shape index (κ2) is 13.4. The number of halogens is 1. The summed E-state index contributed by atoms with van der Waals surface area (Å²) < 4.78 is 0. The molecule has 1 atom stereocenters. The largest absolute Gasteiger partial charge is 0.396 e. The van der Waals surface area contributed by atoms with Gasteiger partial charge in [0.1, 0.15) is 0 Å². The number of likely N-dealkylation sites (tertiary alicyclic amines) is 1. The Balaban J connectivity index is 0.00000312. The van der Waals surface area contributed by atoms with E-state index in [1.807, 2.05) is 30.3 Å². The number of aliphatic hydroxyl groups excluding tert-OH is 1. The highest BCUT2D eigenvalue weighted by atomic mass is 127. The van der Waals surface area contributed by atoms with Crippen LogP contribution in [-0.4, -0.2) is 61.8 Å². The van der Waals surface area contributed by atoms with Crippen molar-refractivity contribution < 1.29 is 5.11 Å². The van der Waals surface area contributed by atoms with E-state index in [1.54, 1.807) is 0 Å². The summed E-state index contributed by atoms with van der Waals surface area (Å²) in [7, 11) is 0.